The van der Waals surface area contributed by atoms with Gasteiger partial charge in [0, 0.05) is 6.61 Å². The summed E-state index contributed by atoms with van der Waals surface area (Å²) in [7, 11) is 0. The number of aliphatic hydroxyl groups excluding tert-OH is 1. The first-order valence-corrected chi connectivity index (χ1v) is 9.54. The summed E-state index contributed by atoms with van der Waals surface area (Å²) in [6.07, 6.45) is 8.32. The van der Waals surface area contributed by atoms with Crippen molar-refractivity contribution in [3.05, 3.63) is 28.8 Å². The van der Waals surface area contributed by atoms with Gasteiger partial charge in [-0.15, -0.1) is 0 Å². The van der Waals surface area contributed by atoms with Crippen LogP contribution in [0, 0.1) is 23.2 Å². The normalized spacial score (nSPS) is 38.7. The minimum absolute atomic E-state index is 0.359. The van der Waals surface area contributed by atoms with Crippen molar-refractivity contribution in [2.45, 2.75) is 64.7 Å². The summed E-state index contributed by atoms with van der Waals surface area (Å²) in [5, 5.41) is 20.0. The molecule has 126 valence electrons. The lowest BCUT2D eigenvalue weighted by Crippen LogP contribution is -2.43. The molecule has 0 aromatic heterocycles. The third kappa shape index (κ3) is 2.17. The molecule has 2 heteroatoms. The predicted molar refractivity (Wildman–Crippen MR) is 92.7 cm³/mol. The van der Waals surface area contributed by atoms with E-state index in [1.165, 1.54) is 43.2 Å². The standard InChI is InChI=1S/C21H30O2/c1-3-13-10-18-14(11-20(13)23)4-6-17-16(18)8-9-21(2)15(12-22)5-7-19(17)21/h10-11,15-17,19,22-23H,3-9,12H2,1-2H3/t15-,16+,17-,19+,21-/m1/s1. The highest BCUT2D eigenvalue weighted by Gasteiger charge is 2.54. The Morgan fingerprint density at radius 1 is 1.17 bits per heavy atom. The van der Waals surface area contributed by atoms with Gasteiger partial charge in [0.2, 0.25) is 0 Å². The van der Waals surface area contributed by atoms with Crippen LogP contribution >= 0.6 is 0 Å². The lowest BCUT2D eigenvalue weighted by molar-refractivity contribution is 0.00954. The van der Waals surface area contributed by atoms with E-state index in [2.05, 4.69) is 19.9 Å². The fourth-order valence-corrected chi connectivity index (χ4v) is 6.35. The monoisotopic (exact) mass is 314 g/mol. The molecule has 2 N–H and O–H groups in total. The molecule has 2 fully saturated rings. The van der Waals surface area contributed by atoms with Gasteiger partial charge < -0.3 is 10.2 Å². The number of phenolic OH excluding ortho intramolecular Hbond substituents is 1. The Morgan fingerprint density at radius 3 is 2.74 bits per heavy atom. The number of aliphatic hydroxyl groups is 1. The summed E-state index contributed by atoms with van der Waals surface area (Å²) in [6, 6.07) is 4.35. The molecule has 2 nitrogen and oxygen atoms in total. The van der Waals surface area contributed by atoms with Crippen molar-refractivity contribution in [2.75, 3.05) is 6.61 Å². The molecule has 0 bridgehead atoms. The molecule has 0 heterocycles. The number of fused-ring (bicyclic) bond motifs is 5. The lowest BCUT2D eigenvalue weighted by Gasteiger charge is -2.51. The van der Waals surface area contributed by atoms with Crippen molar-refractivity contribution in [3.63, 3.8) is 0 Å². The van der Waals surface area contributed by atoms with Crippen LogP contribution in [0.5, 0.6) is 5.75 Å². The first-order valence-electron chi connectivity index (χ1n) is 9.54. The highest BCUT2D eigenvalue weighted by molar-refractivity contribution is 5.45. The predicted octanol–water partition coefficient (Wildman–Crippen LogP) is 4.42. The summed E-state index contributed by atoms with van der Waals surface area (Å²) in [6.45, 7) is 4.95. The van der Waals surface area contributed by atoms with E-state index < -0.39 is 0 Å². The molecular weight excluding hydrogens is 284 g/mol. The van der Waals surface area contributed by atoms with Crippen molar-refractivity contribution >= 4 is 0 Å². The Morgan fingerprint density at radius 2 is 2.00 bits per heavy atom. The second-order valence-corrected chi connectivity index (χ2v) is 8.45. The molecule has 3 aliphatic carbocycles. The van der Waals surface area contributed by atoms with E-state index >= 15 is 0 Å². The fourth-order valence-electron chi connectivity index (χ4n) is 6.35. The molecule has 0 saturated heterocycles. The zero-order valence-corrected chi connectivity index (χ0v) is 14.5. The van der Waals surface area contributed by atoms with Crippen molar-refractivity contribution in [2.24, 2.45) is 23.2 Å². The Balaban J connectivity index is 1.70. The van der Waals surface area contributed by atoms with E-state index in [9.17, 15) is 10.2 Å². The molecule has 0 radical (unpaired) electrons. The summed E-state index contributed by atoms with van der Waals surface area (Å²) in [4.78, 5) is 0. The van der Waals surface area contributed by atoms with Gasteiger partial charge in [0.1, 0.15) is 5.75 Å². The Labute approximate surface area is 139 Å². The van der Waals surface area contributed by atoms with Gasteiger partial charge in [-0.2, -0.15) is 0 Å². The second kappa shape index (κ2) is 5.51. The number of benzene rings is 1. The lowest BCUT2D eigenvalue weighted by atomic mass is 9.54. The van der Waals surface area contributed by atoms with Gasteiger partial charge >= 0.3 is 0 Å². The first kappa shape index (κ1) is 15.5. The SMILES string of the molecule is CCc1cc2c(cc1O)CC[C@@H]1[C@@H]2CC[C@]2(C)[C@@H](CO)CC[C@@H]12. The molecule has 0 aliphatic heterocycles. The van der Waals surface area contributed by atoms with Crippen molar-refractivity contribution in [3.8, 4) is 5.75 Å². The summed E-state index contributed by atoms with van der Waals surface area (Å²) < 4.78 is 0. The topological polar surface area (TPSA) is 40.5 Å². The van der Waals surface area contributed by atoms with Gasteiger partial charge in [-0.25, -0.2) is 0 Å². The number of hydrogen-bond donors (Lipinski definition) is 2. The number of phenols is 1. The third-order valence-corrected chi connectivity index (χ3v) is 7.72. The average molecular weight is 314 g/mol. The molecule has 0 unspecified atom stereocenters. The number of rotatable bonds is 2. The number of hydrogen-bond acceptors (Lipinski definition) is 2. The van der Waals surface area contributed by atoms with Crippen LogP contribution in [-0.4, -0.2) is 16.8 Å². The van der Waals surface area contributed by atoms with Crippen LogP contribution in [0.15, 0.2) is 12.1 Å². The Bertz CT molecular complexity index is 608. The van der Waals surface area contributed by atoms with Crippen molar-refractivity contribution < 1.29 is 10.2 Å². The van der Waals surface area contributed by atoms with E-state index in [-0.39, 0.29) is 0 Å². The van der Waals surface area contributed by atoms with Gasteiger partial charge in [0.05, 0.1) is 0 Å². The highest BCUT2D eigenvalue weighted by atomic mass is 16.3. The van der Waals surface area contributed by atoms with Gasteiger partial charge in [0.25, 0.3) is 0 Å². The molecule has 2 saturated carbocycles. The van der Waals surface area contributed by atoms with E-state index in [0.717, 1.165) is 30.2 Å². The zero-order chi connectivity index (χ0) is 16.2. The Kier molecular flexibility index (Phi) is 3.72. The second-order valence-electron chi connectivity index (χ2n) is 8.45. The summed E-state index contributed by atoms with van der Waals surface area (Å²) in [5.41, 5.74) is 4.39. The minimum Gasteiger partial charge on any atom is -0.508 e. The van der Waals surface area contributed by atoms with Crippen molar-refractivity contribution in [1.82, 2.24) is 0 Å². The van der Waals surface area contributed by atoms with Crippen LogP contribution in [0.4, 0.5) is 0 Å². The molecular formula is C21H30O2. The van der Waals surface area contributed by atoms with Gasteiger partial charge in [-0.3, -0.25) is 0 Å². The quantitative estimate of drug-likeness (QED) is 0.848. The van der Waals surface area contributed by atoms with Crippen molar-refractivity contribution in [1.29, 1.82) is 0 Å². The molecule has 0 spiro atoms. The van der Waals surface area contributed by atoms with E-state index in [1.54, 1.807) is 0 Å². The molecule has 4 rings (SSSR count). The molecule has 3 aliphatic rings. The average Bonchev–Trinajstić information content (AvgIpc) is 2.90. The number of aryl methyl sites for hydroxylation is 2. The summed E-state index contributed by atoms with van der Waals surface area (Å²) in [5.74, 6) is 3.25. The third-order valence-electron chi connectivity index (χ3n) is 7.72. The molecule has 1 aromatic carbocycles. The van der Waals surface area contributed by atoms with E-state index in [1.807, 2.05) is 6.07 Å². The van der Waals surface area contributed by atoms with Crippen LogP contribution in [-0.2, 0) is 12.8 Å². The fraction of sp³-hybridized carbons (Fsp3) is 0.714. The zero-order valence-electron chi connectivity index (χ0n) is 14.5. The van der Waals surface area contributed by atoms with Gasteiger partial charge in [-0.1, -0.05) is 19.9 Å². The number of aromatic hydroxyl groups is 1. The first-order chi connectivity index (χ1) is 11.1. The van der Waals surface area contributed by atoms with Crippen LogP contribution in [0.3, 0.4) is 0 Å². The van der Waals surface area contributed by atoms with Crippen LogP contribution in [0.1, 0.15) is 68.6 Å². The van der Waals surface area contributed by atoms with E-state index in [4.69, 9.17) is 0 Å². The molecule has 0 amide bonds. The van der Waals surface area contributed by atoms with Crippen LogP contribution < -0.4 is 0 Å². The molecule has 23 heavy (non-hydrogen) atoms. The maximum atomic E-state index is 10.2. The van der Waals surface area contributed by atoms with Crippen LogP contribution in [0.25, 0.3) is 0 Å². The van der Waals surface area contributed by atoms with Gasteiger partial charge in [0.15, 0.2) is 0 Å². The molecule has 5 atom stereocenters. The highest BCUT2D eigenvalue weighted by Crippen LogP contribution is 2.62. The minimum atomic E-state index is 0.359. The maximum Gasteiger partial charge on any atom is 0.119 e. The van der Waals surface area contributed by atoms with Crippen LogP contribution in [0.2, 0.25) is 0 Å². The van der Waals surface area contributed by atoms with E-state index in [0.29, 0.717) is 29.6 Å². The van der Waals surface area contributed by atoms with Gasteiger partial charge in [-0.05, 0) is 96.8 Å². The largest absolute Gasteiger partial charge is 0.508 e. The maximum absolute atomic E-state index is 10.2. The Hall–Kier alpha value is -1.02. The smallest absolute Gasteiger partial charge is 0.119 e. The summed E-state index contributed by atoms with van der Waals surface area (Å²) >= 11 is 0. The molecule has 1 aromatic rings.